The molecule has 1 atom stereocenters. The molecule has 0 heterocycles. The molecule has 0 aliphatic heterocycles. The fraction of sp³-hybridized carbons (Fsp3) is 0.300. The third-order valence-electron chi connectivity index (χ3n) is 1.86. The summed E-state index contributed by atoms with van der Waals surface area (Å²) < 4.78 is 17.3. The second-order valence-electron chi connectivity index (χ2n) is 3.04. The van der Waals surface area contributed by atoms with Crippen LogP contribution in [0.4, 0.5) is 4.39 Å². The maximum Gasteiger partial charge on any atom is 0.308 e. The molecule has 16 heavy (non-hydrogen) atoms. The third-order valence-corrected chi connectivity index (χ3v) is 1.86. The van der Waals surface area contributed by atoms with E-state index in [1.165, 1.54) is 19.1 Å². The average molecular weight is 223 g/mol. The van der Waals surface area contributed by atoms with Crippen LogP contribution in [0.25, 0.3) is 10.4 Å². The monoisotopic (exact) mass is 223 g/mol. The van der Waals surface area contributed by atoms with Crippen molar-refractivity contribution in [3.8, 4) is 5.75 Å². The Morgan fingerprint density at radius 1 is 1.56 bits per heavy atom. The Balaban J connectivity index is 2.84. The standard InChI is InChI=1S/C10H10FN3O2/c1-7(15)16-9-4-2-8(3-5-9)10(6-11)13-14-12/h2-5,10H,6H2,1H3. The molecule has 0 bridgehead atoms. The molecule has 0 fully saturated rings. The van der Waals surface area contributed by atoms with Crippen LogP contribution in [0.3, 0.4) is 0 Å². The summed E-state index contributed by atoms with van der Waals surface area (Å²) in [4.78, 5) is 13.2. The van der Waals surface area contributed by atoms with E-state index in [1.54, 1.807) is 12.1 Å². The van der Waals surface area contributed by atoms with Crippen molar-refractivity contribution >= 4 is 5.97 Å². The molecule has 6 heteroatoms. The van der Waals surface area contributed by atoms with Crippen LogP contribution in [0, 0.1) is 0 Å². The first-order valence-corrected chi connectivity index (χ1v) is 4.56. The van der Waals surface area contributed by atoms with E-state index in [9.17, 15) is 9.18 Å². The Labute approximate surface area is 91.5 Å². The number of halogens is 1. The highest BCUT2D eigenvalue weighted by Gasteiger charge is 2.09. The lowest BCUT2D eigenvalue weighted by Gasteiger charge is -2.07. The Kier molecular flexibility index (Phi) is 4.29. The van der Waals surface area contributed by atoms with Crippen molar-refractivity contribution in [1.29, 1.82) is 0 Å². The summed E-state index contributed by atoms with van der Waals surface area (Å²) in [5, 5.41) is 3.30. The van der Waals surface area contributed by atoms with Crippen molar-refractivity contribution in [2.75, 3.05) is 6.67 Å². The van der Waals surface area contributed by atoms with Crippen molar-refractivity contribution in [1.82, 2.24) is 0 Å². The van der Waals surface area contributed by atoms with E-state index in [0.29, 0.717) is 11.3 Å². The van der Waals surface area contributed by atoms with Gasteiger partial charge in [-0.15, -0.1) is 0 Å². The molecule has 0 N–H and O–H groups in total. The van der Waals surface area contributed by atoms with E-state index in [2.05, 4.69) is 10.0 Å². The van der Waals surface area contributed by atoms with Gasteiger partial charge in [0, 0.05) is 11.8 Å². The Morgan fingerprint density at radius 3 is 2.62 bits per heavy atom. The molecule has 0 aliphatic carbocycles. The molecule has 5 nitrogen and oxygen atoms in total. The van der Waals surface area contributed by atoms with E-state index in [-0.39, 0.29) is 0 Å². The minimum Gasteiger partial charge on any atom is -0.427 e. The Bertz CT molecular complexity index is 413. The van der Waals surface area contributed by atoms with Crippen molar-refractivity contribution < 1.29 is 13.9 Å². The molecule has 0 saturated heterocycles. The molecule has 0 spiro atoms. The first-order chi connectivity index (χ1) is 7.67. The van der Waals surface area contributed by atoms with Crippen LogP contribution in [0.1, 0.15) is 18.5 Å². The molecule has 0 amide bonds. The molecule has 1 aromatic rings. The smallest absolute Gasteiger partial charge is 0.308 e. The molecule has 1 aromatic carbocycles. The quantitative estimate of drug-likeness (QED) is 0.259. The topological polar surface area (TPSA) is 75.1 Å². The van der Waals surface area contributed by atoms with Gasteiger partial charge in [-0.1, -0.05) is 17.2 Å². The molecule has 84 valence electrons. The number of carbonyl (C=O) groups excluding carboxylic acids is 1. The summed E-state index contributed by atoms with van der Waals surface area (Å²) in [5.41, 5.74) is 8.76. The molecule has 0 saturated carbocycles. The van der Waals surface area contributed by atoms with Crippen LogP contribution in [0.15, 0.2) is 29.4 Å². The van der Waals surface area contributed by atoms with Gasteiger partial charge >= 0.3 is 5.97 Å². The van der Waals surface area contributed by atoms with E-state index in [4.69, 9.17) is 10.3 Å². The molecular formula is C10H10FN3O2. The van der Waals surface area contributed by atoms with Gasteiger partial charge in [-0.3, -0.25) is 9.18 Å². The van der Waals surface area contributed by atoms with Gasteiger partial charge in [-0.25, -0.2) is 0 Å². The van der Waals surface area contributed by atoms with Crippen molar-refractivity contribution in [2.24, 2.45) is 5.11 Å². The number of azide groups is 1. The van der Waals surface area contributed by atoms with Crippen LogP contribution < -0.4 is 4.74 Å². The maximum atomic E-state index is 12.5. The summed E-state index contributed by atoms with van der Waals surface area (Å²) >= 11 is 0. The normalized spacial score (nSPS) is 11.4. The zero-order chi connectivity index (χ0) is 12.0. The SMILES string of the molecule is CC(=O)Oc1ccc(C(CF)N=[N+]=[N-])cc1. The van der Waals surface area contributed by atoms with E-state index in [1.807, 2.05) is 0 Å². The molecule has 0 aromatic heterocycles. The Morgan fingerprint density at radius 2 is 2.19 bits per heavy atom. The number of rotatable bonds is 4. The van der Waals surface area contributed by atoms with Crippen LogP contribution in [0.5, 0.6) is 5.75 Å². The van der Waals surface area contributed by atoms with Gasteiger partial charge in [0.2, 0.25) is 0 Å². The van der Waals surface area contributed by atoms with Gasteiger partial charge < -0.3 is 4.74 Å². The van der Waals surface area contributed by atoms with E-state index in [0.717, 1.165) is 0 Å². The number of carbonyl (C=O) groups is 1. The van der Waals surface area contributed by atoms with Gasteiger partial charge in [0.05, 0.1) is 6.04 Å². The summed E-state index contributed by atoms with van der Waals surface area (Å²) in [6.07, 6.45) is 0. The van der Waals surface area contributed by atoms with Gasteiger partial charge in [-0.05, 0) is 23.2 Å². The number of ether oxygens (including phenoxy) is 1. The number of hydrogen-bond donors (Lipinski definition) is 0. The number of alkyl halides is 1. The van der Waals surface area contributed by atoms with Gasteiger partial charge in [0.1, 0.15) is 12.4 Å². The number of hydrogen-bond acceptors (Lipinski definition) is 3. The fourth-order valence-electron chi connectivity index (χ4n) is 1.17. The minimum atomic E-state index is -0.837. The fourth-order valence-corrected chi connectivity index (χ4v) is 1.17. The highest BCUT2D eigenvalue weighted by molar-refractivity contribution is 5.69. The van der Waals surface area contributed by atoms with Crippen molar-refractivity contribution in [3.05, 3.63) is 40.3 Å². The molecule has 0 aliphatic rings. The van der Waals surface area contributed by atoms with E-state index >= 15 is 0 Å². The molecular weight excluding hydrogens is 213 g/mol. The van der Waals surface area contributed by atoms with Crippen LogP contribution in [-0.2, 0) is 4.79 Å². The third kappa shape index (κ3) is 3.25. The maximum absolute atomic E-state index is 12.5. The van der Waals surface area contributed by atoms with Crippen LogP contribution in [-0.4, -0.2) is 12.6 Å². The predicted octanol–water partition coefficient (Wildman–Crippen LogP) is 2.93. The van der Waals surface area contributed by atoms with Crippen LogP contribution in [0.2, 0.25) is 0 Å². The largest absolute Gasteiger partial charge is 0.427 e. The zero-order valence-corrected chi connectivity index (χ0v) is 8.63. The lowest BCUT2D eigenvalue weighted by atomic mass is 10.1. The van der Waals surface area contributed by atoms with Crippen LogP contribution >= 0.6 is 0 Å². The van der Waals surface area contributed by atoms with Crippen molar-refractivity contribution in [2.45, 2.75) is 13.0 Å². The molecule has 0 radical (unpaired) electrons. The molecule has 1 rings (SSSR count). The summed E-state index contributed by atoms with van der Waals surface area (Å²) in [6, 6.07) is 5.31. The highest BCUT2D eigenvalue weighted by atomic mass is 19.1. The van der Waals surface area contributed by atoms with Gasteiger partial charge in [-0.2, -0.15) is 0 Å². The summed E-state index contributed by atoms with van der Waals surface area (Å²) in [5.74, 6) is -0.0559. The molecule has 1 unspecified atom stereocenters. The average Bonchev–Trinajstić information content (AvgIpc) is 2.26. The zero-order valence-electron chi connectivity index (χ0n) is 8.63. The van der Waals surface area contributed by atoms with Gasteiger partial charge in [0.15, 0.2) is 0 Å². The summed E-state index contributed by atoms with van der Waals surface area (Å²) in [6.45, 7) is 0.523. The Hall–Kier alpha value is -2.07. The van der Waals surface area contributed by atoms with Crippen molar-refractivity contribution in [3.63, 3.8) is 0 Å². The first-order valence-electron chi connectivity index (χ1n) is 4.56. The second-order valence-corrected chi connectivity index (χ2v) is 3.04. The number of benzene rings is 1. The summed E-state index contributed by atoms with van der Waals surface area (Å²) in [7, 11) is 0. The predicted molar refractivity (Wildman–Crippen MR) is 55.6 cm³/mol. The number of nitrogens with zero attached hydrogens (tertiary/aromatic N) is 3. The van der Waals surface area contributed by atoms with E-state index < -0.39 is 18.7 Å². The highest BCUT2D eigenvalue weighted by Crippen LogP contribution is 2.21. The lowest BCUT2D eigenvalue weighted by Crippen LogP contribution is -2.02. The second kappa shape index (κ2) is 5.72. The first kappa shape index (κ1) is 12.0. The van der Waals surface area contributed by atoms with Gasteiger partial charge in [0.25, 0.3) is 0 Å². The number of esters is 1. The minimum absolute atomic E-state index is 0.370. The lowest BCUT2D eigenvalue weighted by molar-refractivity contribution is -0.131.